The zero-order valence-corrected chi connectivity index (χ0v) is 9.98. The zero-order chi connectivity index (χ0) is 13.2. The summed E-state index contributed by atoms with van der Waals surface area (Å²) in [6.07, 6.45) is 2.61. The number of carbonyl (C=O) groups excluding carboxylic acids is 1. The van der Waals surface area contributed by atoms with Gasteiger partial charge in [0.05, 0.1) is 0 Å². The molecule has 1 aliphatic rings. The highest BCUT2D eigenvalue weighted by Crippen LogP contribution is 2.30. The Labute approximate surface area is 105 Å². The molecule has 0 unspecified atom stereocenters. The molecule has 0 heterocycles. The summed E-state index contributed by atoms with van der Waals surface area (Å²) < 4.78 is 0. The lowest BCUT2D eigenvalue weighted by molar-refractivity contribution is -0.144. The summed E-state index contributed by atoms with van der Waals surface area (Å²) in [6, 6.07) is 6.52. The molecule has 0 aromatic heterocycles. The summed E-state index contributed by atoms with van der Waals surface area (Å²) >= 11 is 0. The number of carboxylic acid groups (broad SMARTS) is 1. The minimum atomic E-state index is -1.11. The van der Waals surface area contributed by atoms with Crippen LogP contribution in [0.4, 0.5) is 5.69 Å². The smallest absolute Gasteiger partial charge is 0.329 e. The van der Waals surface area contributed by atoms with Gasteiger partial charge in [-0.1, -0.05) is 18.9 Å². The molecule has 0 spiro atoms. The van der Waals surface area contributed by atoms with Crippen LogP contribution in [0.2, 0.25) is 0 Å². The highest BCUT2D eigenvalue weighted by molar-refractivity contribution is 5.98. The van der Waals surface area contributed by atoms with Gasteiger partial charge in [-0.2, -0.15) is 0 Å². The highest BCUT2D eigenvalue weighted by atomic mass is 16.4. The van der Waals surface area contributed by atoms with Crippen molar-refractivity contribution in [2.45, 2.75) is 31.2 Å². The number of anilines is 1. The van der Waals surface area contributed by atoms with Gasteiger partial charge in [-0.15, -0.1) is 0 Å². The number of rotatable bonds is 3. The van der Waals surface area contributed by atoms with Crippen molar-refractivity contribution in [2.24, 2.45) is 0 Å². The number of hydrogen-bond donors (Lipinski definition) is 3. The number of nitrogens with two attached hydrogens (primary N) is 1. The van der Waals surface area contributed by atoms with Gasteiger partial charge in [0.2, 0.25) is 0 Å². The molecule has 1 aromatic rings. The Morgan fingerprint density at radius 2 is 1.94 bits per heavy atom. The standard InChI is InChI=1S/C13H16N2O3/c14-10-5-3-4-9(8-10)11(16)15-13(12(17)18)6-1-2-7-13/h3-5,8H,1-2,6-7,14H2,(H,15,16)(H,17,18). The average molecular weight is 248 g/mol. The second-order valence-corrected chi connectivity index (χ2v) is 4.67. The number of amides is 1. The van der Waals surface area contributed by atoms with Crippen molar-refractivity contribution in [1.29, 1.82) is 0 Å². The third-order valence-electron chi connectivity index (χ3n) is 3.37. The van der Waals surface area contributed by atoms with Gasteiger partial charge in [-0.05, 0) is 31.0 Å². The molecule has 0 aliphatic heterocycles. The lowest BCUT2D eigenvalue weighted by Gasteiger charge is -2.25. The van der Waals surface area contributed by atoms with Crippen LogP contribution in [0.25, 0.3) is 0 Å². The molecule has 0 radical (unpaired) electrons. The Kier molecular flexibility index (Phi) is 3.23. The quantitative estimate of drug-likeness (QED) is 0.705. The molecule has 1 saturated carbocycles. The maximum Gasteiger partial charge on any atom is 0.329 e. The number of nitrogens with one attached hydrogen (secondary N) is 1. The first kappa shape index (κ1) is 12.4. The van der Waals surface area contributed by atoms with Crippen molar-refractivity contribution in [2.75, 3.05) is 5.73 Å². The summed E-state index contributed by atoms with van der Waals surface area (Å²) in [5, 5.41) is 11.9. The predicted octanol–water partition coefficient (Wildman–Crippen LogP) is 1.40. The van der Waals surface area contributed by atoms with Gasteiger partial charge in [0.25, 0.3) is 5.91 Å². The molecule has 1 aliphatic carbocycles. The molecule has 18 heavy (non-hydrogen) atoms. The van der Waals surface area contributed by atoms with E-state index in [9.17, 15) is 14.7 Å². The van der Waals surface area contributed by atoms with E-state index in [1.54, 1.807) is 24.3 Å². The summed E-state index contributed by atoms with van der Waals surface area (Å²) in [7, 11) is 0. The monoisotopic (exact) mass is 248 g/mol. The van der Waals surface area contributed by atoms with E-state index in [1.807, 2.05) is 0 Å². The van der Waals surface area contributed by atoms with Crippen LogP contribution in [-0.2, 0) is 4.79 Å². The van der Waals surface area contributed by atoms with E-state index >= 15 is 0 Å². The van der Waals surface area contributed by atoms with E-state index in [4.69, 9.17) is 5.73 Å². The summed E-state index contributed by atoms with van der Waals surface area (Å²) in [5.74, 6) is -1.34. The van der Waals surface area contributed by atoms with Crippen LogP contribution in [0, 0.1) is 0 Å². The fourth-order valence-corrected chi connectivity index (χ4v) is 2.34. The Morgan fingerprint density at radius 1 is 1.28 bits per heavy atom. The summed E-state index contributed by atoms with van der Waals surface area (Å²) in [6.45, 7) is 0. The molecule has 2 rings (SSSR count). The largest absolute Gasteiger partial charge is 0.480 e. The van der Waals surface area contributed by atoms with Crippen molar-refractivity contribution in [3.8, 4) is 0 Å². The van der Waals surface area contributed by atoms with Crippen molar-refractivity contribution < 1.29 is 14.7 Å². The van der Waals surface area contributed by atoms with Crippen LogP contribution in [0.1, 0.15) is 36.0 Å². The zero-order valence-electron chi connectivity index (χ0n) is 9.98. The Bertz CT molecular complexity index is 479. The van der Waals surface area contributed by atoms with Crippen molar-refractivity contribution >= 4 is 17.6 Å². The number of nitrogen functional groups attached to an aromatic ring is 1. The van der Waals surface area contributed by atoms with Crippen molar-refractivity contribution in [3.05, 3.63) is 29.8 Å². The third kappa shape index (κ3) is 2.30. The van der Waals surface area contributed by atoms with Crippen LogP contribution in [-0.4, -0.2) is 22.5 Å². The number of carbonyl (C=O) groups is 2. The number of benzene rings is 1. The van der Waals surface area contributed by atoms with Crippen LogP contribution >= 0.6 is 0 Å². The fourth-order valence-electron chi connectivity index (χ4n) is 2.34. The molecule has 0 saturated heterocycles. The van der Waals surface area contributed by atoms with E-state index in [-0.39, 0.29) is 5.91 Å². The van der Waals surface area contributed by atoms with E-state index in [1.165, 1.54) is 0 Å². The van der Waals surface area contributed by atoms with Crippen LogP contribution in [0.5, 0.6) is 0 Å². The number of aliphatic carboxylic acids is 1. The SMILES string of the molecule is Nc1cccc(C(=O)NC2(C(=O)O)CCCC2)c1. The molecule has 1 amide bonds. The van der Waals surface area contributed by atoms with Gasteiger partial charge >= 0.3 is 5.97 Å². The minimum Gasteiger partial charge on any atom is -0.480 e. The fraction of sp³-hybridized carbons (Fsp3) is 0.385. The van der Waals surface area contributed by atoms with Gasteiger partial charge in [0.15, 0.2) is 0 Å². The molecule has 5 nitrogen and oxygen atoms in total. The van der Waals surface area contributed by atoms with Gasteiger partial charge in [-0.25, -0.2) is 4.79 Å². The molecule has 1 aromatic carbocycles. The molecule has 96 valence electrons. The Balaban J connectivity index is 2.18. The number of carboxylic acids is 1. The minimum absolute atomic E-state index is 0.383. The molecular formula is C13H16N2O3. The molecule has 5 heteroatoms. The third-order valence-corrected chi connectivity index (χ3v) is 3.37. The molecule has 0 bridgehead atoms. The van der Waals surface area contributed by atoms with Crippen molar-refractivity contribution in [3.63, 3.8) is 0 Å². The lowest BCUT2D eigenvalue weighted by atomic mass is 9.97. The Hall–Kier alpha value is -2.04. The van der Waals surface area contributed by atoms with Gasteiger partial charge in [0, 0.05) is 11.3 Å². The summed E-state index contributed by atoms with van der Waals surface area (Å²) in [4.78, 5) is 23.4. The van der Waals surface area contributed by atoms with E-state index in [2.05, 4.69) is 5.32 Å². The van der Waals surface area contributed by atoms with Gasteiger partial charge in [0.1, 0.15) is 5.54 Å². The molecule has 0 atom stereocenters. The predicted molar refractivity (Wildman–Crippen MR) is 67.2 cm³/mol. The van der Waals surface area contributed by atoms with Gasteiger partial charge < -0.3 is 16.2 Å². The molecule has 1 fully saturated rings. The first-order valence-electron chi connectivity index (χ1n) is 5.95. The van der Waals surface area contributed by atoms with E-state index < -0.39 is 11.5 Å². The summed E-state index contributed by atoms with van der Waals surface area (Å²) in [5.41, 5.74) is 5.37. The molecule has 4 N–H and O–H groups in total. The highest BCUT2D eigenvalue weighted by Gasteiger charge is 2.42. The first-order valence-corrected chi connectivity index (χ1v) is 5.95. The normalized spacial score (nSPS) is 17.3. The van der Waals surface area contributed by atoms with Crippen LogP contribution in [0.3, 0.4) is 0 Å². The maximum atomic E-state index is 12.0. The van der Waals surface area contributed by atoms with Crippen molar-refractivity contribution in [1.82, 2.24) is 5.32 Å². The van der Waals surface area contributed by atoms with Gasteiger partial charge in [-0.3, -0.25) is 4.79 Å². The number of hydrogen-bond acceptors (Lipinski definition) is 3. The lowest BCUT2D eigenvalue weighted by Crippen LogP contribution is -2.52. The topological polar surface area (TPSA) is 92.4 Å². The van der Waals surface area contributed by atoms with E-state index in [0.29, 0.717) is 24.1 Å². The second-order valence-electron chi connectivity index (χ2n) is 4.67. The Morgan fingerprint density at radius 3 is 2.50 bits per heavy atom. The molecular weight excluding hydrogens is 232 g/mol. The second kappa shape index (κ2) is 4.68. The average Bonchev–Trinajstić information content (AvgIpc) is 2.79. The first-order chi connectivity index (χ1) is 8.53. The van der Waals surface area contributed by atoms with E-state index in [0.717, 1.165) is 12.8 Å². The van der Waals surface area contributed by atoms with Crippen LogP contribution in [0.15, 0.2) is 24.3 Å². The maximum absolute atomic E-state index is 12.0. The van der Waals surface area contributed by atoms with Crippen LogP contribution < -0.4 is 11.1 Å².